The van der Waals surface area contributed by atoms with Crippen LogP contribution in [-0.4, -0.2) is 12.0 Å². The molecule has 1 N–H and O–H groups in total. The van der Waals surface area contributed by atoms with Crippen molar-refractivity contribution in [2.45, 2.75) is 0 Å². The Bertz CT molecular complexity index is 275. The molecular weight excluding hydrogens is 157 g/mol. The van der Waals surface area contributed by atoms with E-state index < -0.39 is 23.4 Å². The molecule has 0 aromatic carbocycles. The second kappa shape index (κ2) is 2.77. The second-order valence-electron chi connectivity index (χ2n) is 1.84. The second-order valence-corrected chi connectivity index (χ2v) is 1.84. The van der Waals surface area contributed by atoms with E-state index >= 15 is 0 Å². The van der Waals surface area contributed by atoms with Crippen molar-refractivity contribution in [2.24, 2.45) is 0 Å². The Morgan fingerprint density at radius 3 is 2.55 bits per heavy atom. The van der Waals surface area contributed by atoms with Crippen molar-refractivity contribution in [1.29, 1.82) is 0 Å². The van der Waals surface area contributed by atoms with Crippen LogP contribution in [0.5, 0.6) is 0 Å². The zero-order valence-corrected chi connectivity index (χ0v) is 5.66. The maximum absolute atomic E-state index is 12.5. The van der Waals surface area contributed by atoms with Crippen molar-refractivity contribution < 1.29 is 13.2 Å². The van der Waals surface area contributed by atoms with Gasteiger partial charge in [-0.15, -0.1) is 0 Å². The Morgan fingerprint density at radius 1 is 1.36 bits per heavy atom. The fourth-order valence-electron chi connectivity index (χ4n) is 0.635. The molecular formula is C6H5F3N2. The number of pyridine rings is 1. The van der Waals surface area contributed by atoms with E-state index in [9.17, 15) is 13.2 Å². The lowest BCUT2D eigenvalue weighted by Crippen LogP contribution is -2.01. The number of hydrogen-bond acceptors (Lipinski definition) is 2. The fourth-order valence-corrected chi connectivity index (χ4v) is 0.635. The maximum Gasteiger partial charge on any atom is 0.217 e. The molecule has 1 aromatic heterocycles. The molecule has 0 bridgehead atoms. The monoisotopic (exact) mass is 162 g/mol. The minimum absolute atomic E-state index is 0.385. The molecule has 11 heavy (non-hydrogen) atoms. The molecule has 5 heteroatoms. The van der Waals surface area contributed by atoms with E-state index in [0.29, 0.717) is 6.07 Å². The van der Waals surface area contributed by atoms with Crippen LogP contribution in [0.2, 0.25) is 0 Å². The van der Waals surface area contributed by atoms with Gasteiger partial charge in [0.25, 0.3) is 0 Å². The predicted octanol–water partition coefficient (Wildman–Crippen LogP) is 1.54. The predicted molar refractivity (Wildman–Crippen MR) is 33.7 cm³/mol. The van der Waals surface area contributed by atoms with Crippen molar-refractivity contribution in [2.75, 3.05) is 12.4 Å². The van der Waals surface area contributed by atoms with Gasteiger partial charge < -0.3 is 5.32 Å². The summed E-state index contributed by atoms with van der Waals surface area (Å²) in [5.41, 5.74) is 0. The number of nitrogens with zero attached hydrogens (tertiary/aromatic N) is 1. The van der Waals surface area contributed by atoms with Crippen LogP contribution in [0, 0.1) is 17.6 Å². The van der Waals surface area contributed by atoms with Gasteiger partial charge in [0.15, 0.2) is 11.6 Å². The lowest BCUT2D eigenvalue weighted by molar-refractivity contribution is 0.483. The number of halogens is 3. The summed E-state index contributed by atoms with van der Waals surface area (Å²) < 4.78 is 37.1. The van der Waals surface area contributed by atoms with Crippen molar-refractivity contribution >= 4 is 5.82 Å². The molecule has 0 fully saturated rings. The third-order valence-corrected chi connectivity index (χ3v) is 1.12. The van der Waals surface area contributed by atoms with Crippen LogP contribution in [0.25, 0.3) is 0 Å². The van der Waals surface area contributed by atoms with Crippen molar-refractivity contribution in [3.05, 3.63) is 23.6 Å². The molecule has 60 valence electrons. The van der Waals surface area contributed by atoms with Crippen molar-refractivity contribution in [3.63, 3.8) is 0 Å². The normalized spacial score (nSPS) is 9.82. The number of anilines is 1. The average molecular weight is 162 g/mol. The Morgan fingerprint density at radius 2 is 2.00 bits per heavy atom. The van der Waals surface area contributed by atoms with Gasteiger partial charge in [-0.3, -0.25) is 0 Å². The zero-order valence-electron chi connectivity index (χ0n) is 5.66. The average Bonchev–Trinajstić information content (AvgIpc) is 1.96. The molecule has 0 aliphatic carbocycles. The standard InChI is InChI=1S/C6H5F3N2/c1-10-6-5(9)3(7)2-4(8)11-6/h2H,1H3,(H,10,11). The van der Waals surface area contributed by atoms with Gasteiger partial charge in [-0.05, 0) is 0 Å². The summed E-state index contributed by atoms with van der Waals surface area (Å²) in [7, 11) is 1.32. The van der Waals surface area contributed by atoms with Gasteiger partial charge in [0, 0.05) is 13.1 Å². The molecule has 2 nitrogen and oxygen atoms in total. The maximum atomic E-state index is 12.5. The third-order valence-electron chi connectivity index (χ3n) is 1.12. The van der Waals surface area contributed by atoms with E-state index in [-0.39, 0.29) is 0 Å². The summed E-state index contributed by atoms with van der Waals surface area (Å²) in [6, 6.07) is 0.385. The molecule has 0 spiro atoms. The first-order valence-electron chi connectivity index (χ1n) is 2.84. The van der Waals surface area contributed by atoms with E-state index in [0.717, 1.165) is 0 Å². The minimum atomic E-state index is -1.25. The van der Waals surface area contributed by atoms with Crippen LogP contribution in [0.1, 0.15) is 0 Å². The molecule has 0 atom stereocenters. The number of rotatable bonds is 1. The fraction of sp³-hybridized carbons (Fsp3) is 0.167. The summed E-state index contributed by atoms with van der Waals surface area (Å²) in [5.74, 6) is -3.90. The Hall–Kier alpha value is -1.26. The Balaban J connectivity index is 3.24. The SMILES string of the molecule is CNc1nc(F)cc(F)c1F. The summed E-state index contributed by atoms with van der Waals surface area (Å²) in [6.07, 6.45) is 0. The summed E-state index contributed by atoms with van der Waals surface area (Å²) in [6.45, 7) is 0. The van der Waals surface area contributed by atoms with Crippen molar-refractivity contribution in [1.82, 2.24) is 4.98 Å². The third kappa shape index (κ3) is 1.42. The number of nitrogens with one attached hydrogen (secondary N) is 1. The molecule has 0 radical (unpaired) electrons. The van der Waals surface area contributed by atoms with E-state index in [2.05, 4.69) is 10.3 Å². The highest BCUT2D eigenvalue weighted by atomic mass is 19.2. The molecule has 1 rings (SSSR count). The van der Waals surface area contributed by atoms with Crippen LogP contribution >= 0.6 is 0 Å². The summed E-state index contributed by atoms with van der Waals surface area (Å²) in [4.78, 5) is 3.06. The first-order valence-corrected chi connectivity index (χ1v) is 2.84. The first kappa shape index (κ1) is 7.84. The minimum Gasteiger partial charge on any atom is -0.371 e. The van der Waals surface area contributed by atoms with Gasteiger partial charge in [-0.1, -0.05) is 0 Å². The lowest BCUT2D eigenvalue weighted by atomic mass is 10.4. The Kier molecular flexibility index (Phi) is 1.98. The molecule has 0 aliphatic rings. The van der Waals surface area contributed by atoms with Crippen LogP contribution in [0.3, 0.4) is 0 Å². The van der Waals surface area contributed by atoms with Crippen LogP contribution in [-0.2, 0) is 0 Å². The van der Waals surface area contributed by atoms with Crippen molar-refractivity contribution in [3.8, 4) is 0 Å². The lowest BCUT2D eigenvalue weighted by Gasteiger charge is -2.00. The molecule has 1 heterocycles. The Labute approximate surface area is 61.1 Å². The summed E-state index contributed by atoms with van der Waals surface area (Å²) in [5, 5.41) is 2.21. The van der Waals surface area contributed by atoms with E-state index in [1.54, 1.807) is 0 Å². The van der Waals surface area contributed by atoms with E-state index in [1.165, 1.54) is 7.05 Å². The molecule has 0 unspecified atom stereocenters. The first-order chi connectivity index (χ1) is 5.15. The topological polar surface area (TPSA) is 24.9 Å². The zero-order chi connectivity index (χ0) is 8.43. The van der Waals surface area contributed by atoms with E-state index in [4.69, 9.17) is 0 Å². The van der Waals surface area contributed by atoms with Gasteiger partial charge in [-0.2, -0.15) is 13.8 Å². The number of aromatic nitrogens is 1. The van der Waals surface area contributed by atoms with Crippen LogP contribution < -0.4 is 5.32 Å². The van der Waals surface area contributed by atoms with Gasteiger partial charge in [0.1, 0.15) is 0 Å². The smallest absolute Gasteiger partial charge is 0.217 e. The quantitative estimate of drug-likeness (QED) is 0.633. The molecule has 1 aromatic rings. The number of hydrogen-bond donors (Lipinski definition) is 1. The molecule has 0 aliphatic heterocycles. The van der Waals surface area contributed by atoms with Gasteiger partial charge in [-0.25, -0.2) is 4.39 Å². The molecule has 0 amide bonds. The highest BCUT2D eigenvalue weighted by Gasteiger charge is 2.10. The molecule has 0 saturated carbocycles. The van der Waals surface area contributed by atoms with Gasteiger partial charge >= 0.3 is 0 Å². The largest absolute Gasteiger partial charge is 0.371 e. The summed E-state index contributed by atoms with van der Waals surface area (Å²) >= 11 is 0. The highest BCUT2D eigenvalue weighted by molar-refractivity contribution is 5.35. The molecule has 0 saturated heterocycles. The highest BCUT2D eigenvalue weighted by Crippen LogP contribution is 2.13. The van der Waals surface area contributed by atoms with Crippen LogP contribution in [0.4, 0.5) is 19.0 Å². The van der Waals surface area contributed by atoms with E-state index in [1.807, 2.05) is 0 Å². The van der Waals surface area contributed by atoms with Crippen LogP contribution in [0.15, 0.2) is 6.07 Å². The van der Waals surface area contributed by atoms with Gasteiger partial charge in [0.05, 0.1) is 0 Å². The van der Waals surface area contributed by atoms with Gasteiger partial charge in [0.2, 0.25) is 11.8 Å².